The van der Waals surface area contributed by atoms with Crippen LogP contribution < -0.4 is 5.32 Å². The van der Waals surface area contributed by atoms with E-state index in [0.717, 1.165) is 19.4 Å². The van der Waals surface area contributed by atoms with E-state index >= 15 is 0 Å². The van der Waals surface area contributed by atoms with Gasteiger partial charge in [0.05, 0.1) is 0 Å². The number of nitrogens with one attached hydrogen (secondary N) is 2. The molecule has 0 atom stereocenters. The maximum atomic E-state index is 3.69. The number of rotatable bonds is 4. The van der Waals surface area contributed by atoms with Crippen LogP contribution in [0.1, 0.15) is 18.2 Å². The van der Waals surface area contributed by atoms with Gasteiger partial charge in [0.1, 0.15) is 0 Å². The van der Waals surface area contributed by atoms with Gasteiger partial charge in [0.15, 0.2) is 0 Å². The van der Waals surface area contributed by atoms with Crippen LogP contribution in [0.2, 0.25) is 0 Å². The summed E-state index contributed by atoms with van der Waals surface area (Å²) >= 11 is 3.69. The highest BCUT2D eigenvalue weighted by Crippen LogP contribution is 2.30. The van der Waals surface area contributed by atoms with Crippen LogP contribution in [-0.2, 0) is 12.8 Å². The number of aromatic amines is 1. The van der Waals surface area contributed by atoms with Gasteiger partial charge in [-0.05, 0) is 35.0 Å². The Balaban J connectivity index is 2.49. The molecule has 0 aliphatic carbocycles. The molecule has 2 aromatic rings. The summed E-state index contributed by atoms with van der Waals surface area (Å²) in [6.07, 6.45) is 2.09. The van der Waals surface area contributed by atoms with E-state index in [9.17, 15) is 0 Å². The number of likely N-dealkylation sites (N-methyl/N-ethyl adjacent to an activating group) is 1. The van der Waals surface area contributed by atoms with Gasteiger partial charge in [-0.25, -0.2) is 0 Å². The molecule has 0 fully saturated rings. The smallest absolute Gasteiger partial charge is 0.0500 e. The van der Waals surface area contributed by atoms with E-state index in [1.165, 1.54) is 26.6 Å². The standard InChI is InChI=1S/C13H17BrN2/c1-3-9-5-4-6-10-12(14)11(7-8-15-2)16-13(9)10/h4-6,15-16H,3,7-8H2,1-2H3. The van der Waals surface area contributed by atoms with E-state index in [0.29, 0.717) is 0 Å². The van der Waals surface area contributed by atoms with Crippen LogP contribution in [0.3, 0.4) is 0 Å². The first-order valence-electron chi connectivity index (χ1n) is 5.70. The number of halogens is 1. The third-order valence-electron chi connectivity index (χ3n) is 2.93. The first kappa shape index (κ1) is 11.7. The van der Waals surface area contributed by atoms with Gasteiger partial charge < -0.3 is 10.3 Å². The number of aryl methyl sites for hydroxylation is 1. The average molecular weight is 281 g/mol. The Labute approximate surface area is 105 Å². The highest BCUT2D eigenvalue weighted by Gasteiger charge is 2.10. The maximum absolute atomic E-state index is 3.69. The second kappa shape index (κ2) is 5.02. The van der Waals surface area contributed by atoms with E-state index in [4.69, 9.17) is 0 Å². The van der Waals surface area contributed by atoms with E-state index in [-0.39, 0.29) is 0 Å². The van der Waals surface area contributed by atoms with Crippen molar-refractivity contribution in [3.8, 4) is 0 Å². The minimum absolute atomic E-state index is 0.993. The van der Waals surface area contributed by atoms with Crippen molar-refractivity contribution < 1.29 is 0 Å². The Morgan fingerprint density at radius 1 is 1.38 bits per heavy atom. The van der Waals surface area contributed by atoms with Crippen LogP contribution in [0.15, 0.2) is 22.7 Å². The molecule has 1 aromatic carbocycles. The summed E-state index contributed by atoms with van der Waals surface area (Å²) in [5, 5.41) is 4.47. The van der Waals surface area contributed by atoms with Crippen molar-refractivity contribution >= 4 is 26.8 Å². The summed E-state index contributed by atoms with van der Waals surface area (Å²) in [5.74, 6) is 0. The van der Waals surface area contributed by atoms with Gasteiger partial charge in [-0.3, -0.25) is 0 Å². The molecule has 2 rings (SSSR count). The topological polar surface area (TPSA) is 27.8 Å². The lowest BCUT2D eigenvalue weighted by Gasteiger charge is -1.98. The van der Waals surface area contributed by atoms with Crippen LogP contribution >= 0.6 is 15.9 Å². The number of benzene rings is 1. The zero-order chi connectivity index (χ0) is 11.5. The zero-order valence-electron chi connectivity index (χ0n) is 9.73. The molecule has 1 aromatic heterocycles. The largest absolute Gasteiger partial charge is 0.357 e. The molecule has 0 aliphatic heterocycles. The fourth-order valence-corrected chi connectivity index (χ4v) is 2.64. The summed E-state index contributed by atoms with van der Waals surface area (Å²) in [6, 6.07) is 6.48. The van der Waals surface area contributed by atoms with Crippen LogP contribution in [-0.4, -0.2) is 18.6 Å². The predicted octanol–water partition coefficient (Wildman–Crippen LogP) is 3.25. The Kier molecular flexibility index (Phi) is 3.66. The van der Waals surface area contributed by atoms with E-state index < -0.39 is 0 Å². The summed E-state index contributed by atoms with van der Waals surface area (Å²) in [5.41, 5.74) is 3.95. The van der Waals surface area contributed by atoms with E-state index in [1.54, 1.807) is 0 Å². The number of hydrogen-bond donors (Lipinski definition) is 2. The molecule has 0 saturated carbocycles. The summed E-state index contributed by atoms with van der Waals surface area (Å²) < 4.78 is 1.22. The van der Waals surface area contributed by atoms with Gasteiger partial charge >= 0.3 is 0 Å². The number of hydrogen-bond acceptors (Lipinski definition) is 1. The lowest BCUT2D eigenvalue weighted by molar-refractivity contribution is 0.779. The lowest BCUT2D eigenvalue weighted by atomic mass is 10.1. The minimum atomic E-state index is 0.993. The van der Waals surface area contributed by atoms with Crippen LogP contribution in [0.4, 0.5) is 0 Å². The molecule has 1 heterocycles. The van der Waals surface area contributed by atoms with Crippen LogP contribution in [0, 0.1) is 0 Å². The average Bonchev–Trinajstić information content (AvgIpc) is 2.64. The molecule has 0 saturated heterocycles. The number of H-pyrrole nitrogens is 1. The molecule has 3 heteroatoms. The van der Waals surface area contributed by atoms with E-state index in [1.807, 2.05) is 7.05 Å². The van der Waals surface area contributed by atoms with Gasteiger partial charge in [-0.2, -0.15) is 0 Å². The van der Waals surface area contributed by atoms with E-state index in [2.05, 4.69) is 51.4 Å². The Morgan fingerprint density at radius 3 is 2.88 bits per heavy atom. The SMILES string of the molecule is CCc1cccc2c(Br)c(CCNC)[nH]c12. The molecule has 0 bridgehead atoms. The fraction of sp³-hybridized carbons (Fsp3) is 0.385. The second-order valence-corrected chi connectivity index (χ2v) is 4.76. The third kappa shape index (κ3) is 2.02. The number of para-hydroxylation sites is 1. The predicted molar refractivity (Wildman–Crippen MR) is 73.0 cm³/mol. The second-order valence-electron chi connectivity index (χ2n) is 3.96. The van der Waals surface area contributed by atoms with Crippen molar-refractivity contribution in [2.75, 3.05) is 13.6 Å². The molecule has 86 valence electrons. The van der Waals surface area contributed by atoms with Crippen molar-refractivity contribution in [2.24, 2.45) is 0 Å². The molecule has 0 aliphatic rings. The van der Waals surface area contributed by atoms with Gasteiger partial charge in [0, 0.05) is 34.0 Å². The molecule has 2 N–H and O–H groups in total. The first-order valence-corrected chi connectivity index (χ1v) is 6.49. The molecular formula is C13H17BrN2. The van der Waals surface area contributed by atoms with Crippen LogP contribution in [0.25, 0.3) is 10.9 Å². The molecule has 0 unspecified atom stereocenters. The van der Waals surface area contributed by atoms with Gasteiger partial charge in [0.25, 0.3) is 0 Å². The monoisotopic (exact) mass is 280 g/mol. The molecular weight excluding hydrogens is 264 g/mol. The van der Waals surface area contributed by atoms with Crippen molar-refractivity contribution in [3.63, 3.8) is 0 Å². The number of aromatic nitrogens is 1. The Morgan fingerprint density at radius 2 is 2.19 bits per heavy atom. The maximum Gasteiger partial charge on any atom is 0.0500 e. The van der Waals surface area contributed by atoms with Gasteiger partial charge in [-0.15, -0.1) is 0 Å². The fourth-order valence-electron chi connectivity index (χ4n) is 2.02. The molecule has 2 nitrogen and oxygen atoms in total. The van der Waals surface area contributed by atoms with Crippen LogP contribution in [0.5, 0.6) is 0 Å². The molecule has 0 amide bonds. The minimum Gasteiger partial charge on any atom is -0.357 e. The molecule has 0 spiro atoms. The Bertz CT molecular complexity index is 488. The highest BCUT2D eigenvalue weighted by molar-refractivity contribution is 9.10. The highest BCUT2D eigenvalue weighted by atomic mass is 79.9. The normalized spacial score (nSPS) is 11.2. The van der Waals surface area contributed by atoms with Crippen molar-refractivity contribution in [2.45, 2.75) is 19.8 Å². The van der Waals surface area contributed by atoms with Gasteiger partial charge in [-0.1, -0.05) is 25.1 Å². The summed E-state index contributed by atoms with van der Waals surface area (Å²) in [4.78, 5) is 3.53. The van der Waals surface area contributed by atoms with Crippen molar-refractivity contribution in [1.29, 1.82) is 0 Å². The first-order chi connectivity index (χ1) is 7.77. The quantitative estimate of drug-likeness (QED) is 0.884. The Hall–Kier alpha value is -0.800. The molecule has 0 radical (unpaired) electrons. The van der Waals surface area contributed by atoms with Crippen molar-refractivity contribution in [3.05, 3.63) is 33.9 Å². The lowest BCUT2D eigenvalue weighted by Crippen LogP contribution is -2.10. The van der Waals surface area contributed by atoms with Gasteiger partial charge in [0.2, 0.25) is 0 Å². The molecule has 16 heavy (non-hydrogen) atoms. The summed E-state index contributed by atoms with van der Waals surface area (Å²) in [6.45, 7) is 3.18. The summed E-state index contributed by atoms with van der Waals surface area (Å²) in [7, 11) is 1.98. The zero-order valence-corrected chi connectivity index (χ0v) is 11.3. The number of fused-ring (bicyclic) bond motifs is 1. The third-order valence-corrected chi connectivity index (χ3v) is 3.84. The van der Waals surface area contributed by atoms with Crippen molar-refractivity contribution in [1.82, 2.24) is 10.3 Å².